The van der Waals surface area contributed by atoms with Crippen LogP contribution < -0.4 is 5.73 Å². The highest BCUT2D eigenvalue weighted by Crippen LogP contribution is 2.45. The number of hydrogen-bond acceptors (Lipinski definition) is 3. The van der Waals surface area contributed by atoms with Gasteiger partial charge in [0.25, 0.3) is 0 Å². The molecular formula is C18H29NO2. The first-order chi connectivity index (χ1) is 10.1. The van der Waals surface area contributed by atoms with Crippen molar-refractivity contribution in [1.29, 1.82) is 0 Å². The van der Waals surface area contributed by atoms with Gasteiger partial charge in [0.2, 0.25) is 0 Å². The monoisotopic (exact) mass is 291 g/mol. The largest absolute Gasteiger partial charge is 0.508 e. The first kappa shape index (κ1) is 16.3. The van der Waals surface area contributed by atoms with Gasteiger partial charge in [-0.1, -0.05) is 32.8 Å². The molecule has 1 aliphatic carbocycles. The van der Waals surface area contributed by atoms with E-state index in [9.17, 15) is 5.11 Å². The number of rotatable bonds is 6. The van der Waals surface area contributed by atoms with Gasteiger partial charge in [-0.25, -0.2) is 0 Å². The van der Waals surface area contributed by atoms with E-state index in [1.165, 1.54) is 11.1 Å². The van der Waals surface area contributed by atoms with Gasteiger partial charge in [-0.05, 0) is 43.0 Å². The van der Waals surface area contributed by atoms with Gasteiger partial charge >= 0.3 is 0 Å². The minimum absolute atomic E-state index is 0.00773. The summed E-state index contributed by atoms with van der Waals surface area (Å²) in [6.07, 6.45) is 5.18. The second-order valence-electron chi connectivity index (χ2n) is 6.22. The Kier molecular flexibility index (Phi) is 5.28. The number of hydrogen-bond donors (Lipinski definition) is 2. The molecule has 0 aromatic heterocycles. The van der Waals surface area contributed by atoms with Crippen molar-refractivity contribution < 1.29 is 9.84 Å². The van der Waals surface area contributed by atoms with Gasteiger partial charge in [-0.3, -0.25) is 0 Å². The summed E-state index contributed by atoms with van der Waals surface area (Å²) in [6.45, 7) is 7.13. The lowest BCUT2D eigenvalue weighted by Gasteiger charge is -2.48. The van der Waals surface area contributed by atoms with Crippen molar-refractivity contribution in [3.63, 3.8) is 0 Å². The van der Waals surface area contributed by atoms with Crippen molar-refractivity contribution in [2.45, 2.75) is 70.4 Å². The zero-order valence-corrected chi connectivity index (χ0v) is 13.6. The average Bonchev–Trinajstić information content (AvgIpc) is 2.46. The normalized spacial score (nSPS) is 23.8. The lowest BCUT2D eigenvalue weighted by molar-refractivity contribution is 0.00962. The van der Waals surface area contributed by atoms with Crippen LogP contribution in [0.15, 0.2) is 18.2 Å². The Morgan fingerprint density at radius 3 is 2.48 bits per heavy atom. The topological polar surface area (TPSA) is 55.5 Å². The first-order valence-corrected chi connectivity index (χ1v) is 8.28. The van der Waals surface area contributed by atoms with Crippen LogP contribution in [0.25, 0.3) is 0 Å². The first-order valence-electron chi connectivity index (χ1n) is 8.28. The third-order valence-corrected chi connectivity index (χ3v) is 4.86. The number of fused-ring (bicyclic) bond motifs is 1. The Morgan fingerprint density at radius 2 is 1.90 bits per heavy atom. The molecule has 0 bridgehead atoms. The summed E-state index contributed by atoms with van der Waals surface area (Å²) in [5.74, 6) is 0.340. The van der Waals surface area contributed by atoms with Crippen LogP contribution in [0.2, 0.25) is 0 Å². The Labute approximate surface area is 128 Å². The minimum atomic E-state index is -0.0738. The van der Waals surface area contributed by atoms with Crippen LogP contribution in [0, 0.1) is 0 Å². The van der Waals surface area contributed by atoms with E-state index in [0.29, 0.717) is 12.4 Å². The Hall–Kier alpha value is -1.06. The van der Waals surface area contributed by atoms with Crippen molar-refractivity contribution in [2.75, 3.05) is 6.61 Å². The number of ether oxygens (including phenoxy) is 1. The van der Waals surface area contributed by atoms with Crippen molar-refractivity contribution in [3.8, 4) is 5.75 Å². The molecule has 3 heteroatoms. The molecule has 0 unspecified atom stereocenters. The summed E-state index contributed by atoms with van der Waals surface area (Å²) in [4.78, 5) is 0. The second kappa shape index (κ2) is 6.80. The Bertz CT molecular complexity index is 466. The molecule has 0 aliphatic heterocycles. The van der Waals surface area contributed by atoms with E-state index in [0.717, 1.165) is 32.1 Å². The molecule has 0 saturated carbocycles. The highest BCUT2D eigenvalue weighted by atomic mass is 16.5. The smallest absolute Gasteiger partial charge is 0.115 e. The number of phenolic OH excluding ortho intramolecular Hbond substituents is 1. The predicted octanol–water partition coefficient (Wildman–Crippen LogP) is 3.52. The number of phenols is 1. The summed E-state index contributed by atoms with van der Waals surface area (Å²) in [5, 5.41) is 9.94. The van der Waals surface area contributed by atoms with Crippen molar-refractivity contribution in [1.82, 2.24) is 0 Å². The lowest BCUT2D eigenvalue weighted by atomic mass is 9.61. The van der Waals surface area contributed by atoms with Gasteiger partial charge in [-0.15, -0.1) is 0 Å². The van der Waals surface area contributed by atoms with Gasteiger partial charge in [-0.2, -0.15) is 0 Å². The molecule has 1 aliphatic rings. The van der Waals surface area contributed by atoms with E-state index in [4.69, 9.17) is 10.5 Å². The standard InChI is InChI=1S/C18H29NO2/c1-4-9-18(10-5-2)15-12-14(20)8-7-13(15)11-16(17(18)19)21-6-3/h7-8,12,16-17,20H,4-6,9-11,19H2,1-3H3/t16-,17+/m1/s1. The predicted molar refractivity (Wildman–Crippen MR) is 86.7 cm³/mol. The molecule has 3 N–H and O–H groups in total. The van der Waals surface area contributed by atoms with E-state index >= 15 is 0 Å². The van der Waals surface area contributed by atoms with Crippen LogP contribution in [0.5, 0.6) is 5.75 Å². The molecule has 2 atom stereocenters. The maximum absolute atomic E-state index is 9.94. The molecule has 118 valence electrons. The molecule has 3 nitrogen and oxygen atoms in total. The van der Waals surface area contributed by atoms with Crippen LogP contribution in [0.3, 0.4) is 0 Å². The van der Waals surface area contributed by atoms with Crippen LogP contribution >= 0.6 is 0 Å². The highest BCUT2D eigenvalue weighted by molar-refractivity contribution is 5.44. The maximum Gasteiger partial charge on any atom is 0.115 e. The van der Waals surface area contributed by atoms with E-state index in [2.05, 4.69) is 13.8 Å². The summed E-state index contributed by atoms with van der Waals surface area (Å²) < 4.78 is 5.94. The van der Waals surface area contributed by atoms with Crippen LogP contribution in [-0.4, -0.2) is 23.9 Å². The molecule has 0 radical (unpaired) electrons. The summed E-state index contributed by atoms with van der Waals surface area (Å²) >= 11 is 0. The molecule has 1 aromatic rings. The zero-order chi connectivity index (χ0) is 15.5. The fourth-order valence-electron chi connectivity index (χ4n) is 4.08. The molecule has 0 amide bonds. The second-order valence-corrected chi connectivity index (χ2v) is 6.22. The average molecular weight is 291 g/mol. The molecule has 1 aromatic carbocycles. The van der Waals surface area contributed by atoms with E-state index in [1.54, 1.807) is 6.07 Å². The van der Waals surface area contributed by atoms with E-state index < -0.39 is 0 Å². The van der Waals surface area contributed by atoms with Gasteiger partial charge in [0.1, 0.15) is 5.75 Å². The SMILES string of the molecule is CCCC1(CCC)c2cc(O)ccc2C[C@@H](OCC)[C@@H]1N. The van der Waals surface area contributed by atoms with Crippen molar-refractivity contribution >= 4 is 0 Å². The third-order valence-electron chi connectivity index (χ3n) is 4.86. The molecule has 2 rings (SSSR count). The Balaban J connectivity index is 2.54. The van der Waals surface area contributed by atoms with Crippen LogP contribution in [-0.2, 0) is 16.6 Å². The minimum Gasteiger partial charge on any atom is -0.508 e. The molecule has 0 spiro atoms. The molecule has 0 heterocycles. The van der Waals surface area contributed by atoms with Crippen LogP contribution in [0.4, 0.5) is 0 Å². The van der Waals surface area contributed by atoms with Gasteiger partial charge in [0.15, 0.2) is 0 Å². The third kappa shape index (κ3) is 2.95. The maximum atomic E-state index is 9.94. The van der Waals surface area contributed by atoms with Gasteiger partial charge < -0.3 is 15.6 Å². The fourth-order valence-corrected chi connectivity index (χ4v) is 4.08. The molecule has 0 saturated heterocycles. The zero-order valence-electron chi connectivity index (χ0n) is 13.6. The van der Waals surface area contributed by atoms with Crippen molar-refractivity contribution in [2.24, 2.45) is 5.73 Å². The highest BCUT2D eigenvalue weighted by Gasteiger charge is 2.46. The quantitative estimate of drug-likeness (QED) is 0.843. The number of aromatic hydroxyl groups is 1. The van der Waals surface area contributed by atoms with E-state index in [-0.39, 0.29) is 17.6 Å². The van der Waals surface area contributed by atoms with Gasteiger partial charge in [0, 0.05) is 24.5 Å². The molecular weight excluding hydrogens is 262 g/mol. The van der Waals surface area contributed by atoms with E-state index in [1.807, 2.05) is 19.1 Å². The fraction of sp³-hybridized carbons (Fsp3) is 0.667. The van der Waals surface area contributed by atoms with Crippen LogP contribution in [0.1, 0.15) is 57.6 Å². The Morgan fingerprint density at radius 1 is 1.24 bits per heavy atom. The van der Waals surface area contributed by atoms with Gasteiger partial charge in [0.05, 0.1) is 6.10 Å². The summed E-state index contributed by atoms with van der Waals surface area (Å²) in [7, 11) is 0. The lowest BCUT2D eigenvalue weighted by Crippen LogP contribution is -2.57. The summed E-state index contributed by atoms with van der Waals surface area (Å²) in [5.41, 5.74) is 9.13. The number of benzene rings is 1. The van der Waals surface area contributed by atoms with Crippen molar-refractivity contribution in [3.05, 3.63) is 29.3 Å². The summed E-state index contributed by atoms with van der Waals surface area (Å²) in [6, 6.07) is 5.75. The molecule has 21 heavy (non-hydrogen) atoms. The number of nitrogens with two attached hydrogens (primary N) is 1. The molecule has 0 fully saturated rings.